The molecule has 1 aliphatic carbocycles. The van der Waals surface area contributed by atoms with Crippen molar-refractivity contribution in [2.24, 2.45) is 0 Å². The summed E-state index contributed by atoms with van der Waals surface area (Å²) in [6.45, 7) is 6.22. The first-order chi connectivity index (χ1) is 8.27. The van der Waals surface area contributed by atoms with Crippen LogP contribution in [0.1, 0.15) is 64.9 Å². The lowest BCUT2D eigenvalue weighted by atomic mass is 9.75. The molecule has 0 atom stereocenters. The van der Waals surface area contributed by atoms with E-state index in [1.54, 1.807) is 6.07 Å². The molecule has 0 radical (unpaired) electrons. The van der Waals surface area contributed by atoms with Gasteiger partial charge < -0.3 is 0 Å². The van der Waals surface area contributed by atoms with E-state index in [4.69, 9.17) is 0 Å². The number of halogens is 1. The molecule has 0 aromatic heterocycles. The first-order valence-electron chi connectivity index (χ1n) is 7.03. The molecule has 1 aliphatic rings. The second-order valence-corrected chi connectivity index (χ2v) is 4.75. The molecule has 1 aromatic carbocycles. The molecule has 0 spiro atoms. The molecule has 17 heavy (non-hydrogen) atoms. The minimum atomic E-state index is -0.0881. The molecule has 0 nitrogen and oxygen atoms in total. The largest absolute Gasteiger partial charge is 0.207 e. The van der Waals surface area contributed by atoms with Crippen LogP contribution in [0.5, 0.6) is 0 Å². The first-order valence-corrected chi connectivity index (χ1v) is 7.03. The Kier molecular flexibility index (Phi) is 5.67. The number of hydrogen-bond acceptors (Lipinski definition) is 0. The first kappa shape index (κ1) is 14.2. The third-order valence-electron chi connectivity index (χ3n) is 3.73. The zero-order valence-electron chi connectivity index (χ0n) is 11.4. The summed E-state index contributed by atoms with van der Waals surface area (Å²) in [6.07, 6.45) is 7.48. The number of rotatable bonds is 3. The average Bonchev–Trinajstić information content (AvgIpc) is 2.82. The maximum absolute atomic E-state index is 13.2. The average molecular weight is 236 g/mol. The van der Waals surface area contributed by atoms with Crippen molar-refractivity contribution in [3.8, 4) is 0 Å². The molecular formula is C16H25F. The van der Waals surface area contributed by atoms with Gasteiger partial charge in [-0.15, -0.1) is 0 Å². The van der Waals surface area contributed by atoms with Crippen LogP contribution >= 0.6 is 0 Å². The van der Waals surface area contributed by atoms with Gasteiger partial charge in [-0.3, -0.25) is 0 Å². The molecular weight excluding hydrogens is 211 g/mol. The van der Waals surface area contributed by atoms with Crippen molar-refractivity contribution in [1.29, 1.82) is 0 Å². The van der Waals surface area contributed by atoms with Gasteiger partial charge in [0.05, 0.1) is 0 Å². The Labute approximate surface area is 105 Å². The summed E-state index contributed by atoms with van der Waals surface area (Å²) in [6, 6.07) is 7.23. The molecule has 1 fully saturated rings. The van der Waals surface area contributed by atoms with Gasteiger partial charge in [0.25, 0.3) is 0 Å². The predicted molar refractivity (Wildman–Crippen MR) is 72.8 cm³/mol. The third kappa shape index (κ3) is 3.31. The van der Waals surface area contributed by atoms with Crippen molar-refractivity contribution < 1.29 is 4.39 Å². The van der Waals surface area contributed by atoms with E-state index in [0.29, 0.717) is 0 Å². The lowest BCUT2D eigenvalue weighted by Gasteiger charge is -2.29. The molecule has 1 heteroatoms. The van der Waals surface area contributed by atoms with Gasteiger partial charge in [0, 0.05) is 0 Å². The van der Waals surface area contributed by atoms with Gasteiger partial charge in [-0.05, 0) is 42.4 Å². The monoisotopic (exact) mass is 236 g/mol. The SMILES string of the molecule is CC.CCCC1(c2cccc(F)c2)CCCC1. The van der Waals surface area contributed by atoms with Crippen molar-refractivity contribution in [2.75, 3.05) is 0 Å². The summed E-state index contributed by atoms with van der Waals surface area (Å²) in [5.74, 6) is -0.0881. The molecule has 1 aromatic rings. The molecule has 0 amide bonds. The maximum Gasteiger partial charge on any atom is 0.123 e. The van der Waals surface area contributed by atoms with Gasteiger partial charge in [-0.25, -0.2) is 4.39 Å². The maximum atomic E-state index is 13.2. The van der Waals surface area contributed by atoms with Gasteiger partial charge in [-0.1, -0.05) is 52.2 Å². The molecule has 0 heterocycles. The van der Waals surface area contributed by atoms with E-state index in [1.807, 2.05) is 19.9 Å². The van der Waals surface area contributed by atoms with Crippen molar-refractivity contribution in [1.82, 2.24) is 0 Å². The van der Waals surface area contributed by atoms with E-state index in [-0.39, 0.29) is 11.2 Å². The van der Waals surface area contributed by atoms with Gasteiger partial charge in [-0.2, -0.15) is 0 Å². The smallest absolute Gasteiger partial charge is 0.123 e. The van der Waals surface area contributed by atoms with E-state index in [1.165, 1.54) is 50.2 Å². The Morgan fingerprint density at radius 2 is 1.82 bits per heavy atom. The third-order valence-corrected chi connectivity index (χ3v) is 3.73. The molecule has 0 saturated heterocycles. The van der Waals surface area contributed by atoms with Crippen LogP contribution < -0.4 is 0 Å². The second kappa shape index (κ2) is 6.78. The second-order valence-electron chi connectivity index (χ2n) is 4.75. The van der Waals surface area contributed by atoms with E-state index in [0.717, 1.165) is 0 Å². The van der Waals surface area contributed by atoms with Crippen LogP contribution in [0, 0.1) is 5.82 Å². The van der Waals surface area contributed by atoms with Crippen molar-refractivity contribution in [2.45, 2.75) is 64.7 Å². The summed E-state index contributed by atoms with van der Waals surface area (Å²) in [4.78, 5) is 0. The standard InChI is InChI=1S/C14H19F.C2H6/c1-2-8-14(9-3-4-10-14)12-6-5-7-13(15)11-12;1-2/h5-7,11H,2-4,8-10H2,1H3;1-2H3. The van der Waals surface area contributed by atoms with Crippen LogP contribution in [0.15, 0.2) is 24.3 Å². The lowest BCUT2D eigenvalue weighted by molar-refractivity contribution is 0.398. The van der Waals surface area contributed by atoms with Crippen LogP contribution in [0.25, 0.3) is 0 Å². The molecule has 0 aliphatic heterocycles. The van der Waals surface area contributed by atoms with Crippen molar-refractivity contribution in [3.63, 3.8) is 0 Å². The van der Waals surface area contributed by atoms with E-state index in [2.05, 4.69) is 13.0 Å². The highest BCUT2D eigenvalue weighted by molar-refractivity contribution is 5.27. The molecule has 0 N–H and O–H groups in total. The summed E-state index contributed by atoms with van der Waals surface area (Å²) >= 11 is 0. The highest BCUT2D eigenvalue weighted by Gasteiger charge is 2.34. The van der Waals surface area contributed by atoms with Gasteiger partial charge in [0.1, 0.15) is 5.82 Å². The van der Waals surface area contributed by atoms with E-state index in [9.17, 15) is 4.39 Å². The lowest BCUT2D eigenvalue weighted by Crippen LogP contribution is -2.21. The van der Waals surface area contributed by atoms with Crippen LogP contribution in [0.3, 0.4) is 0 Å². The van der Waals surface area contributed by atoms with Gasteiger partial charge in [0.15, 0.2) is 0 Å². The van der Waals surface area contributed by atoms with E-state index < -0.39 is 0 Å². The van der Waals surface area contributed by atoms with Crippen LogP contribution in [0.2, 0.25) is 0 Å². The summed E-state index contributed by atoms with van der Waals surface area (Å²) in [5.41, 5.74) is 1.51. The Bertz CT molecular complexity index is 324. The molecule has 0 bridgehead atoms. The van der Waals surface area contributed by atoms with E-state index >= 15 is 0 Å². The van der Waals surface area contributed by atoms with Crippen LogP contribution in [-0.4, -0.2) is 0 Å². The summed E-state index contributed by atoms with van der Waals surface area (Å²) < 4.78 is 13.2. The molecule has 2 rings (SSSR count). The van der Waals surface area contributed by atoms with Crippen molar-refractivity contribution in [3.05, 3.63) is 35.6 Å². The highest BCUT2D eigenvalue weighted by Crippen LogP contribution is 2.44. The Balaban J connectivity index is 0.000000686. The quantitative estimate of drug-likeness (QED) is 0.653. The fourth-order valence-electron chi connectivity index (χ4n) is 3.03. The van der Waals surface area contributed by atoms with Gasteiger partial charge >= 0.3 is 0 Å². The van der Waals surface area contributed by atoms with Gasteiger partial charge in [0.2, 0.25) is 0 Å². The Hall–Kier alpha value is -0.850. The zero-order chi connectivity index (χ0) is 12.7. The Morgan fingerprint density at radius 1 is 1.18 bits per heavy atom. The fourth-order valence-corrected chi connectivity index (χ4v) is 3.03. The fraction of sp³-hybridized carbons (Fsp3) is 0.625. The highest BCUT2D eigenvalue weighted by atomic mass is 19.1. The summed E-state index contributed by atoms with van der Waals surface area (Å²) in [5, 5.41) is 0. The molecule has 1 saturated carbocycles. The normalized spacial score (nSPS) is 17.4. The molecule has 96 valence electrons. The minimum Gasteiger partial charge on any atom is -0.207 e. The Morgan fingerprint density at radius 3 is 2.35 bits per heavy atom. The molecule has 0 unspecified atom stereocenters. The van der Waals surface area contributed by atoms with Crippen LogP contribution in [0.4, 0.5) is 4.39 Å². The van der Waals surface area contributed by atoms with Crippen LogP contribution in [-0.2, 0) is 5.41 Å². The minimum absolute atomic E-state index is 0.0881. The number of hydrogen-bond donors (Lipinski definition) is 0. The predicted octanol–water partition coefficient (Wildman–Crippen LogP) is 5.46. The number of benzene rings is 1. The topological polar surface area (TPSA) is 0 Å². The zero-order valence-corrected chi connectivity index (χ0v) is 11.4. The van der Waals surface area contributed by atoms with Crippen molar-refractivity contribution >= 4 is 0 Å². The summed E-state index contributed by atoms with van der Waals surface area (Å²) in [7, 11) is 0.